The van der Waals surface area contributed by atoms with E-state index >= 15 is 0 Å². The van der Waals surface area contributed by atoms with Gasteiger partial charge in [0, 0.05) is 12.6 Å². The highest BCUT2D eigenvalue weighted by Crippen LogP contribution is 2.28. The third-order valence-corrected chi connectivity index (χ3v) is 3.29. The number of methoxy groups -OCH3 is 1. The summed E-state index contributed by atoms with van der Waals surface area (Å²) in [6.45, 7) is 1.90. The van der Waals surface area contributed by atoms with Crippen LogP contribution in [-0.4, -0.2) is 11.7 Å². The SMILES string of the molecule is COc1ccc(-c2cc(N)n(C)c(=O)c2C#N)cc1C. The lowest BCUT2D eigenvalue weighted by atomic mass is 9.99. The van der Waals surface area contributed by atoms with Crippen molar-refractivity contribution >= 4 is 5.82 Å². The number of nitriles is 1. The van der Waals surface area contributed by atoms with E-state index in [4.69, 9.17) is 10.5 Å². The number of aryl methyl sites for hydroxylation is 1. The summed E-state index contributed by atoms with van der Waals surface area (Å²) in [5.74, 6) is 1.07. The molecule has 0 aliphatic rings. The monoisotopic (exact) mass is 269 g/mol. The van der Waals surface area contributed by atoms with Crippen molar-refractivity contribution in [3.8, 4) is 22.9 Å². The van der Waals surface area contributed by atoms with Crippen molar-refractivity contribution < 1.29 is 4.74 Å². The van der Waals surface area contributed by atoms with Crippen LogP contribution in [0.25, 0.3) is 11.1 Å². The van der Waals surface area contributed by atoms with E-state index < -0.39 is 5.56 Å². The van der Waals surface area contributed by atoms with Gasteiger partial charge in [0.25, 0.3) is 5.56 Å². The second-order valence-electron chi connectivity index (χ2n) is 4.52. The van der Waals surface area contributed by atoms with E-state index in [0.29, 0.717) is 11.4 Å². The van der Waals surface area contributed by atoms with Crippen LogP contribution < -0.4 is 16.0 Å². The second kappa shape index (κ2) is 5.10. The molecule has 0 aliphatic heterocycles. The maximum Gasteiger partial charge on any atom is 0.270 e. The first-order valence-electron chi connectivity index (χ1n) is 6.04. The van der Waals surface area contributed by atoms with E-state index in [9.17, 15) is 10.1 Å². The van der Waals surface area contributed by atoms with Gasteiger partial charge in [-0.1, -0.05) is 6.07 Å². The normalized spacial score (nSPS) is 10.1. The van der Waals surface area contributed by atoms with Crippen LogP contribution in [-0.2, 0) is 7.05 Å². The number of hydrogen-bond donors (Lipinski definition) is 1. The van der Waals surface area contributed by atoms with Gasteiger partial charge in [0.1, 0.15) is 23.2 Å². The molecule has 0 aliphatic carbocycles. The minimum atomic E-state index is -0.393. The molecular weight excluding hydrogens is 254 g/mol. The zero-order chi connectivity index (χ0) is 14.9. The number of nitrogens with two attached hydrogens (primary N) is 1. The van der Waals surface area contributed by atoms with Crippen LogP contribution in [0.3, 0.4) is 0 Å². The number of aromatic nitrogens is 1. The number of benzene rings is 1. The molecule has 0 spiro atoms. The topological polar surface area (TPSA) is 81.0 Å². The number of rotatable bonds is 2. The van der Waals surface area contributed by atoms with Crippen LogP contribution in [0.4, 0.5) is 5.82 Å². The van der Waals surface area contributed by atoms with Gasteiger partial charge >= 0.3 is 0 Å². The maximum absolute atomic E-state index is 12.1. The van der Waals surface area contributed by atoms with Gasteiger partial charge in [-0.3, -0.25) is 9.36 Å². The largest absolute Gasteiger partial charge is 0.496 e. The molecule has 5 nitrogen and oxygen atoms in total. The first-order valence-corrected chi connectivity index (χ1v) is 6.04. The van der Waals surface area contributed by atoms with Gasteiger partial charge in [0.15, 0.2) is 0 Å². The van der Waals surface area contributed by atoms with Gasteiger partial charge in [0.2, 0.25) is 0 Å². The van der Waals surface area contributed by atoms with Crippen LogP contribution in [0.5, 0.6) is 5.75 Å². The van der Waals surface area contributed by atoms with Crippen LogP contribution >= 0.6 is 0 Å². The molecule has 0 saturated heterocycles. The Morgan fingerprint density at radius 2 is 2.05 bits per heavy atom. The first kappa shape index (κ1) is 13.7. The zero-order valence-electron chi connectivity index (χ0n) is 11.6. The fraction of sp³-hybridized carbons (Fsp3) is 0.200. The van der Waals surface area contributed by atoms with E-state index in [-0.39, 0.29) is 5.56 Å². The molecule has 1 aromatic carbocycles. The smallest absolute Gasteiger partial charge is 0.270 e. The van der Waals surface area contributed by atoms with Crippen LogP contribution in [0.1, 0.15) is 11.1 Å². The van der Waals surface area contributed by atoms with Crippen molar-refractivity contribution in [3.63, 3.8) is 0 Å². The third kappa shape index (κ3) is 2.12. The van der Waals surface area contributed by atoms with Gasteiger partial charge in [0.05, 0.1) is 7.11 Å². The van der Waals surface area contributed by atoms with Gasteiger partial charge in [-0.15, -0.1) is 0 Å². The van der Waals surface area contributed by atoms with E-state index in [0.717, 1.165) is 16.9 Å². The number of anilines is 1. The summed E-state index contributed by atoms with van der Waals surface area (Å²) in [5.41, 5.74) is 7.73. The molecule has 1 heterocycles. The van der Waals surface area contributed by atoms with Crippen molar-refractivity contribution in [2.24, 2.45) is 7.05 Å². The van der Waals surface area contributed by atoms with E-state index in [1.54, 1.807) is 32.4 Å². The predicted octanol–water partition coefficient (Wildman–Crippen LogP) is 1.82. The summed E-state index contributed by atoms with van der Waals surface area (Å²) in [6, 6.07) is 9.08. The lowest BCUT2D eigenvalue weighted by Gasteiger charge is -2.11. The van der Waals surface area contributed by atoms with Crippen molar-refractivity contribution in [2.75, 3.05) is 12.8 Å². The van der Waals surface area contributed by atoms with Crippen LogP contribution in [0.2, 0.25) is 0 Å². The molecular formula is C15H15N3O2. The average Bonchev–Trinajstić information content (AvgIpc) is 2.44. The van der Waals surface area contributed by atoms with Gasteiger partial charge in [-0.05, 0) is 36.2 Å². The molecule has 0 fully saturated rings. The Labute approximate surface area is 116 Å². The molecule has 0 radical (unpaired) electrons. The molecule has 2 aromatic rings. The summed E-state index contributed by atoms with van der Waals surface area (Å²) < 4.78 is 6.47. The lowest BCUT2D eigenvalue weighted by Crippen LogP contribution is -2.23. The molecule has 0 saturated carbocycles. The fourth-order valence-corrected chi connectivity index (χ4v) is 2.10. The minimum Gasteiger partial charge on any atom is -0.496 e. The number of hydrogen-bond acceptors (Lipinski definition) is 4. The predicted molar refractivity (Wildman–Crippen MR) is 77.5 cm³/mol. The van der Waals surface area contributed by atoms with E-state index in [2.05, 4.69) is 0 Å². The quantitative estimate of drug-likeness (QED) is 0.901. The molecule has 102 valence electrons. The van der Waals surface area contributed by atoms with Crippen molar-refractivity contribution in [1.82, 2.24) is 4.57 Å². The Bertz CT molecular complexity index is 770. The lowest BCUT2D eigenvalue weighted by molar-refractivity contribution is 0.412. The van der Waals surface area contributed by atoms with E-state index in [1.807, 2.05) is 19.1 Å². The van der Waals surface area contributed by atoms with Crippen LogP contribution in [0.15, 0.2) is 29.1 Å². The number of nitrogens with zero attached hydrogens (tertiary/aromatic N) is 2. The molecule has 0 atom stereocenters. The summed E-state index contributed by atoms with van der Waals surface area (Å²) in [6.07, 6.45) is 0. The Morgan fingerprint density at radius 1 is 1.35 bits per heavy atom. The maximum atomic E-state index is 12.1. The Balaban J connectivity index is 2.74. The molecule has 0 unspecified atom stereocenters. The molecule has 1 aromatic heterocycles. The zero-order valence-corrected chi connectivity index (χ0v) is 11.6. The molecule has 0 bridgehead atoms. The Morgan fingerprint density at radius 3 is 2.60 bits per heavy atom. The summed E-state index contributed by atoms with van der Waals surface area (Å²) >= 11 is 0. The van der Waals surface area contributed by atoms with Crippen molar-refractivity contribution in [2.45, 2.75) is 6.92 Å². The van der Waals surface area contributed by atoms with Crippen LogP contribution in [0, 0.1) is 18.3 Å². The standard InChI is InChI=1S/C15H15N3O2/c1-9-6-10(4-5-13(9)20-3)11-7-14(17)18(2)15(19)12(11)8-16/h4-7H,17H2,1-3H3. The van der Waals surface area contributed by atoms with Gasteiger partial charge in [-0.25, -0.2) is 0 Å². The number of pyridine rings is 1. The van der Waals surface area contributed by atoms with Gasteiger partial charge in [-0.2, -0.15) is 5.26 Å². The number of nitrogen functional groups attached to an aromatic ring is 1. The fourth-order valence-electron chi connectivity index (χ4n) is 2.10. The van der Waals surface area contributed by atoms with Crippen molar-refractivity contribution in [3.05, 3.63) is 45.7 Å². The summed E-state index contributed by atoms with van der Waals surface area (Å²) in [7, 11) is 3.14. The molecule has 2 rings (SSSR count). The highest BCUT2D eigenvalue weighted by atomic mass is 16.5. The highest BCUT2D eigenvalue weighted by molar-refractivity contribution is 5.73. The molecule has 5 heteroatoms. The minimum absolute atomic E-state index is 0.0891. The van der Waals surface area contributed by atoms with Gasteiger partial charge < -0.3 is 10.5 Å². The molecule has 20 heavy (non-hydrogen) atoms. The highest BCUT2D eigenvalue weighted by Gasteiger charge is 2.13. The summed E-state index contributed by atoms with van der Waals surface area (Å²) in [4.78, 5) is 12.1. The summed E-state index contributed by atoms with van der Waals surface area (Å²) in [5, 5.41) is 9.22. The Hall–Kier alpha value is -2.74. The third-order valence-electron chi connectivity index (χ3n) is 3.29. The first-order chi connectivity index (χ1) is 9.49. The van der Waals surface area contributed by atoms with Crippen molar-refractivity contribution in [1.29, 1.82) is 5.26 Å². The molecule has 2 N–H and O–H groups in total. The second-order valence-corrected chi connectivity index (χ2v) is 4.52. The molecule has 0 amide bonds. The van der Waals surface area contributed by atoms with E-state index in [1.165, 1.54) is 4.57 Å². The average molecular weight is 269 g/mol. The Kier molecular flexibility index (Phi) is 3.49. The number of ether oxygens (including phenoxy) is 1.